The summed E-state index contributed by atoms with van der Waals surface area (Å²) in [6.07, 6.45) is 1.27. The predicted octanol–water partition coefficient (Wildman–Crippen LogP) is 3.27. The molecule has 0 radical (unpaired) electrons. The van der Waals surface area contributed by atoms with Crippen molar-refractivity contribution in [2.24, 2.45) is 4.99 Å². The van der Waals surface area contributed by atoms with Gasteiger partial charge in [-0.25, -0.2) is 4.99 Å². The fourth-order valence-corrected chi connectivity index (χ4v) is 1.80. The molecule has 0 unspecified atom stereocenters. The predicted molar refractivity (Wildman–Crippen MR) is 79.8 cm³/mol. The van der Waals surface area contributed by atoms with Crippen LogP contribution >= 0.6 is 0 Å². The van der Waals surface area contributed by atoms with E-state index in [1.165, 1.54) is 30.5 Å². The Labute approximate surface area is 124 Å². The molecule has 0 aliphatic rings. The lowest BCUT2D eigenvalue weighted by molar-refractivity contribution is -0.385. The van der Waals surface area contributed by atoms with Crippen molar-refractivity contribution in [3.05, 3.63) is 67.8 Å². The zero-order chi connectivity index (χ0) is 16.3. The second-order valence-electron chi connectivity index (χ2n) is 4.51. The van der Waals surface area contributed by atoms with Crippen molar-refractivity contribution in [2.75, 3.05) is 0 Å². The summed E-state index contributed by atoms with van der Waals surface area (Å²) in [7, 11) is 0. The van der Waals surface area contributed by atoms with Crippen molar-refractivity contribution in [3.8, 4) is 5.75 Å². The van der Waals surface area contributed by atoms with Gasteiger partial charge in [-0.1, -0.05) is 6.07 Å². The minimum absolute atomic E-state index is 0.145. The lowest BCUT2D eigenvalue weighted by Crippen LogP contribution is -1.92. The van der Waals surface area contributed by atoms with Gasteiger partial charge in [-0.15, -0.1) is 0 Å². The number of rotatable bonds is 4. The van der Waals surface area contributed by atoms with Gasteiger partial charge < -0.3 is 5.11 Å². The van der Waals surface area contributed by atoms with Crippen LogP contribution in [0.15, 0.2) is 41.4 Å². The number of phenols is 1. The summed E-state index contributed by atoms with van der Waals surface area (Å²) >= 11 is 0. The Bertz CT molecular complexity index is 786. The number of aromatic hydroxyl groups is 1. The van der Waals surface area contributed by atoms with Gasteiger partial charge in [-0.3, -0.25) is 20.2 Å². The molecule has 0 atom stereocenters. The summed E-state index contributed by atoms with van der Waals surface area (Å²) in [6, 6.07) is 8.30. The summed E-state index contributed by atoms with van der Waals surface area (Å²) in [5.41, 5.74) is 0.614. The molecule has 0 bridgehead atoms. The van der Waals surface area contributed by atoms with E-state index in [-0.39, 0.29) is 11.4 Å². The number of aliphatic imine (C=N–C) groups is 1. The largest absolute Gasteiger partial charge is 0.502 e. The second kappa shape index (κ2) is 6.00. The van der Waals surface area contributed by atoms with Crippen LogP contribution in [0.4, 0.5) is 17.1 Å². The topological polar surface area (TPSA) is 119 Å². The quantitative estimate of drug-likeness (QED) is 0.528. The van der Waals surface area contributed by atoms with E-state index in [0.717, 1.165) is 11.6 Å². The Balaban J connectivity index is 2.39. The Kier molecular flexibility index (Phi) is 4.12. The molecule has 8 nitrogen and oxygen atoms in total. The first kappa shape index (κ1) is 15.1. The molecule has 2 rings (SSSR count). The third-order valence-electron chi connectivity index (χ3n) is 2.88. The maximum Gasteiger partial charge on any atom is 0.311 e. The molecule has 112 valence electrons. The fourth-order valence-electron chi connectivity index (χ4n) is 1.80. The van der Waals surface area contributed by atoms with E-state index in [9.17, 15) is 25.3 Å². The number of benzene rings is 2. The van der Waals surface area contributed by atoms with E-state index in [1.807, 2.05) is 0 Å². The highest BCUT2D eigenvalue weighted by Crippen LogP contribution is 2.29. The van der Waals surface area contributed by atoms with E-state index in [2.05, 4.69) is 4.99 Å². The molecule has 8 heteroatoms. The molecular formula is C14H11N3O5. The third kappa shape index (κ3) is 3.23. The molecular weight excluding hydrogens is 290 g/mol. The molecule has 2 aromatic carbocycles. The molecule has 2 aromatic rings. The molecule has 0 fully saturated rings. The molecule has 0 saturated heterocycles. The van der Waals surface area contributed by atoms with Crippen LogP contribution in [0.5, 0.6) is 5.75 Å². The summed E-state index contributed by atoms with van der Waals surface area (Å²) in [6.45, 7) is 1.73. The SMILES string of the molecule is Cc1ccc(N=Cc2ccc(O)c([N+](=O)[O-])c2)c([N+](=O)[O-])c1. The highest BCUT2D eigenvalue weighted by atomic mass is 16.6. The molecule has 0 aliphatic carbocycles. The van der Waals surface area contributed by atoms with Crippen LogP contribution in [-0.4, -0.2) is 21.2 Å². The molecule has 0 spiro atoms. The van der Waals surface area contributed by atoms with Crippen molar-refractivity contribution >= 4 is 23.3 Å². The molecule has 0 saturated carbocycles. The smallest absolute Gasteiger partial charge is 0.311 e. The summed E-state index contributed by atoms with van der Waals surface area (Å²) in [5.74, 6) is -0.455. The average Bonchev–Trinajstić information content (AvgIpc) is 2.46. The van der Waals surface area contributed by atoms with E-state index < -0.39 is 21.3 Å². The molecule has 0 aliphatic heterocycles. The Morgan fingerprint density at radius 2 is 1.73 bits per heavy atom. The first-order valence-electron chi connectivity index (χ1n) is 6.15. The van der Waals surface area contributed by atoms with Gasteiger partial charge in [0.2, 0.25) is 0 Å². The first-order chi connectivity index (χ1) is 10.4. The van der Waals surface area contributed by atoms with Crippen LogP contribution in [-0.2, 0) is 0 Å². The lowest BCUT2D eigenvalue weighted by atomic mass is 10.2. The molecule has 0 heterocycles. The second-order valence-corrected chi connectivity index (χ2v) is 4.51. The van der Waals surface area contributed by atoms with Gasteiger partial charge in [0.25, 0.3) is 5.69 Å². The van der Waals surface area contributed by atoms with E-state index in [0.29, 0.717) is 5.56 Å². The summed E-state index contributed by atoms with van der Waals surface area (Å²) in [4.78, 5) is 24.5. The van der Waals surface area contributed by atoms with Gasteiger partial charge in [-0.2, -0.15) is 0 Å². The van der Waals surface area contributed by atoms with Crippen LogP contribution in [0.25, 0.3) is 0 Å². The van der Waals surface area contributed by atoms with Crippen molar-refractivity contribution in [1.82, 2.24) is 0 Å². The maximum absolute atomic E-state index is 11.0. The zero-order valence-electron chi connectivity index (χ0n) is 11.5. The minimum atomic E-state index is -0.721. The van der Waals surface area contributed by atoms with Gasteiger partial charge in [0.1, 0.15) is 5.69 Å². The molecule has 1 N–H and O–H groups in total. The van der Waals surface area contributed by atoms with Crippen LogP contribution < -0.4 is 0 Å². The van der Waals surface area contributed by atoms with Gasteiger partial charge in [-0.05, 0) is 36.2 Å². The molecule has 0 amide bonds. The third-order valence-corrected chi connectivity index (χ3v) is 2.88. The number of hydrogen-bond acceptors (Lipinski definition) is 6. The van der Waals surface area contributed by atoms with Crippen molar-refractivity contribution in [2.45, 2.75) is 6.92 Å². The van der Waals surface area contributed by atoms with Gasteiger partial charge >= 0.3 is 5.69 Å². The van der Waals surface area contributed by atoms with Crippen LogP contribution in [0, 0.1) is 27.2 Å². The van der Waals surface area contributed by atoms with Crippen LogP contribution in [0.2, 0.25) is 0 Å². The van der Waals surface area contributed by atoms with Crippen LogP contribution in [0.1, 0.15) is 11.1 Å². The number of nitro benzene ring substituents is 2. The number of aryl methyl sites for hydroxylation is 1. The Morgan fingerprint density at radius 3 is 2.36 bits per heavy atom. The van der Waals surface area contributed by atoms with Gasteiger partial charge in [0.05, 0.1) is 9.85 Å². The molecule has 0 aromatic heterocycles. The van der Waals surface area contributed by atoms with Crippen molar-refractivity contribution in [3.63, 3.8) is 0 Å². The van der Waals surface area contributed by atoms with E-state index >= 15 is 0 Å². The summed E-state index contributed by atoms with van der Waals surface area (Å²) < 4.78 is 0. The maximum atomic E-state index is 11.0. The minimum Gasteiger partial charge on any atom is -0.502 e. The highest BCUT2D eigenvalue weighted by molar-refractivity contribution is 5.84. The first-order valence-corrected chi connectivity index (χ1v) is 6.15. The number of nitro groups is 2. The number of hydrogen-bond donors (Lipinski definition) is 1. The zero-order valence-corrected chi connectivity index (χ0v) is 11.5. The Hall–Kier alpha value is -3.29. The highest BCUT2D eigenvalue weighted by Gasteiger charge is 2.14. The average molecular weight is 301 g/mol. The van der Waals surface area contributed by atoms with Crippen molar-refractivity contribution in [1.29, 1.82) is 0 Å². The van der Waals surface area contributed by atoms with Crippen LogP contribution in [0.3, 0.4) is 0 Å². The Morgan fingerprint density at radius 1 is 1.05 bits per heavy atom. The van der Waals surface area contributed by atoms with E-state index in [1.54, 1.807) is 13.0 Å². The lowest BCUT2D eigenvalue weighted by Gasteiger charge is -2.00. The van der Waals surface area contributed by atoms with Gasteiger partial charge in [0, 0.05) is 18.3 Å². The van der Waals surface area contributed by atoms with Gasteiger partial charge in [0.15, 0.2) is 5.75 Å². The number of phenolic OH excluding ortho intramolecular Hbond substituents is 1. The van der Waals surface area contributed by atoms with Crippen molar-refractivity contribution < 1.29 is 15.0 Å². The monoisotopic (exact) mass is 301 g/mol. The standard InChI is InChI=1S/C14H11N3O5/c1-9-2-4-11(12(6-9)16(19)20)15-8-10-3-5-14(18)13(7-10)17(21)22/h2-8,18H,1H3. The summed E-state index contributed by atoms with van der Waals surface area (Å²) in [5, 5.41) is 31.1. The van der Waals surface area contributed by atoms with E-state index in [4.69, 9.17) is 0 Å². The molecule has 22 heavy (non-hydrogen) atoms. The normalized spacial score (nSPS) is 10.8. The fraction of sp³-hybridized carbons (Fsp3) is 0.0714. The number of nitrogens with zero attached hydrogens (tertiary/aromatic N) is 3.